The summed E-state index contributed by atoms with van der Waals surface area (Å²) in [5.74, 6) is 1.91. The van der Waals surface area contributed by atoms with Crippen LogP contribution in [0, 0.1) is 0 Å². The van der Waals surface area contributed by atoms with Crippen LogP contribution in [0.4, 0.5) is 17.1 Å². The van der Waals surface area contributed by atoms with Crippen LogP contribution in [0.2, 0.25) is 0 Å². The van der Waals surface area contributed by atoms with Gasteiger partial charge in [-0.25, -0.2) is 15.0 Å². The number of furan rings is 1. The lowest BCUT2D eigenvalue weighted by atomic mass is 9.55. The normalized spacial score (nSPS) is 14.7. The Morgan fingerprint density at radius 3 is 1.21 bits per heavy atom. The van der Waals surface area contributed by atoms with E-state index in [4.69, 9.17) is 19.4 Å². The Balaban J connectivity index is 0.000000112. The van der Waals surface area contributed by atoms with E-state index in [9.17, 15) is 0 Å². The fourth-order valence-electron chi connectivity index (χ4n) is 24.0. The molecule has 24 aromatic rings. The Morgan fingerprint density at radius 1 is 0.213 bits per heavy atom. The Hall–Kier alpha value is -16.4. The van der Waals surface area contributed by atoms with Crippen molar-refractivity contribution in [1.82, 2.24) is 19.5 Å². The van der Waals surface area contributed by atoms with Crippen LogP contribution in [0.5, 0.6) is 0 Å². The van der Waals surface area contributed by atoms with Gasteiger partial charge < -0.3 is 13.9 Å². The molecule has 678 valence electrons. The van der Waals surface area contributed by atoms with Crippen LogP contribution in [0.25, 0.3) is 204 Å². The number of anilines is 3. The molecule has 0 unspecified atom stereocenters. The molecule has 6 nitrogen and oxygen atoms in total. The third-order valence-corrected chi connectivity index (χ3v) is 33.4. The number of benzene rings is 21. The van der Waals surface area contributed by atoms with Gasteiger partial charge >= 0.3 is 0 Å². The molecule has 141 heavy (non-hydrogen) atoms. The van der Waals surface area contributed by atoms with E-state index in [-0.39, 0.29) is 32.5 Å². The maximum Gasteiger partial charge on any atom is 0.164 e. The Kier molecular flexibility index (Phi) is 19.9. The second-order valence-corrected chi connectivity index (χ2v) is 42.0. The van der Waals surface area contributed by atoms with Crippen molar-refractivity contribution in [2.24, 2.45) is 0 Å². The summed E-state index contributed by atoms with van der Waals surface area (Å²) in [4.78, 5) is 17.9. The lowest BCUT2D eigenvalue weighted by molar-refractivity contribution is 0.299. The molecule has 0 saturated heterocycles. The molecule has 21 aromatic carbocycles. The Labute approximate surface area is 823 Å². The summed E-state index contributed by atoms with van der Waals surface area (Å²) in [5, 5.41) is 20.1. The molecule has 0 spiro atoms. The van der Waals surface area contributed by atoms with E-state index in [1.165, 1.54) is 187 Å². The van der Waals surface area contributed by atoms with Crippen LogP contribution in [0.1, 0.15) is 116 Å². The minimum atomic E-state index is -0.191. The molecule has 0 atom stereocenters. The van der Waals surface area contributed by atoms with Crippen LogP contribution in [-0.2, 0) is 32.5 Å². The van der Waals surface area contributed by atoms with Gasteiger partial charge in [-0.15, -0.1) is 0 Å². The molecule has 3 aliphatic carbocycles. The molecule has 0 bridgehead atoms. The Morgan fingerprint density at radius 2 is 0.603 bits per heavy atom. The first-order valence-electron chi connectivity index (χ1n) is 49.6. The summed E-state index contributed by atoms with van der Waals surface area (Å²) < 4.78 is 8.65. The molecule has 0 aliphatic heterocycles. The smallest absolute Gasteiger partial charge is 0.164 e. The zero-order valence-electron chi connectivity index (χ0n) is 81.6. The van der Waals surface area contributed by atoms with E-state index in [1.807, 2.05) is 48.5 Å². The number of hydrogen-bond donors (Lipinski definition) is 0. The van der Waals surface area contributed by atoms with Crippen molar-refractivity contribution in [3.63, 3.8) is 0 Å². The maximum absolute atomic E-state index is 6.26. The number of para-hydroxylation sites is 4. The fraction of sp³-hybridized carbons (Fsp3) is 0.133. The minimum absolute atomic E-state index is 0.00393. The highest BCUT2D eigenvalue weighted by molar-refractivity contribution is 6.23. The van der Waals surface area contributed by atoms with Crippen molar-refractivity contribution in [2.75, 3.05) is 4.90 Å². The standard InChI is InChI=1S/C47H35N3O.C44H35N.C44H37N/c1-46(2)36-26-24-29-22-21-28-13-8-9-16-32(28)40(29)42(36)33-25-23-31(27-37(33)47(46,3)4)44-48-43(30-14-6-5-7-15-30)49-45(50-44)35-18-12-20-39-41(35)34-17-10-11-19-38(34)51-39;1-43(2)37-18-10-7-17-35(37)42-38(44(43,3)4)26-23-29-27-36(31-13-5-6-16-34(31)41(29)42)28-21-24-30(25-22-28)45-39-19-11-8-14-32(39)33-15-9-12-20-40(33)45;1-43(2)38-22-14-13-21-37(38)42-39(44(43,3)4)28-25-32-29-40(35-19-11-12-20-36(35)41(32)42)45(33-17-9-6-10-18-33)34-26-23-31(24-27-34)30-15-7-5-8-16-30/h5-27H,1-4H3;5-27H,1-4H3;5-29H,1-4H3. The van der Waals surface area contributed by atoms with Gasteiger partial charge in [-0.05, 0) is 260 Å². The van der Waals surface area contributed by atoms with Crippen LogP contribution in [0.15, 0.2) is 435 Å². The molecule has 0 amide bonds. The van der Waals surface area contributed by atoms with Gasteiger partial charge in [-0.2, -0.15) is 0 Å². The van der Waals surface area contributed by atoms with Crippen LogP contribution < -0.4 is 4.90 Å². The first kappa shape index (κ1) is 86.2. The molecule has 6 heteroatoms. The first-order valence-corrected chi connectivity index (χ1v) is 49.6. The fourth-order valence-corrected chi connectivity index (χ4v) is 24.0. The van der Waals surface area contributed by atoms with Crippen LogP contribution in [0.3, 0.4) is 0 Å². The molecular formula is C135H107N5O. The second-order valence-electron chi connectivity index (χ2n) is 42.0. The summed E-state index contributed by atoms with van der Waals surface area (Å²) in [6.07, 6.45) is 0. The number of rotatable bonds is 9. The monoisotopic (exact) mass is 1810 g/mol. The van der Waals surface area contributed by atoms with Crippen LogP contribution >= 0.6 is 0 Å². The number of aromatic nitrogens is 4. The summed E-state index contributed by atoms with van der Waals surface area (Å²) in [7, 11) is 0. The minimum Gasteiger partial charge on any atom is -0.456 e. The van der Waals surface area contributed by atoms with Gasteiger partial charge in [0.2, 0.25) is 0 Å². The predicted molar refractivity (Wildman–Crippen MR) is 596 cm³/mol. The zero-order chi connectivity index (χ0) is 95.7. The third-order valence-electron chi connectivity index (χ3n) is 33.4. The van der Waals surface area contributed by atoms with Gasteiger partial charge in [0, 0.05) is 60.7 Å². The molecule has 3 aliphatic rings. The lowest BCUT2D eigenvalue weighted by Crippen LogP contribution is -2.43. The molecule has 27 rings (SSSR count). The number of fused-ring (bicyclic) bond motifs is 27. The number of nitrogens with zero attached hydrogens (tertiary/aromatic N) is 5. The molecule has 3 heterocycles. The average Bonchev–Trinajstić information content (AvgIpc) is 1.24. The quantitative estimate of drug-likeness (QED) is 0.135. The Bertz CT molecular complexity index is 9160. The van der Waals surface area contributed by atoms with Crippen molar-refractivity contribution >= 4 is 125 Å². The molecular weight excluding hydrogens is 1710 g/mol. The second kappa shape index (κ2) is 32.6. The summed E-state index contributed by atoms with van der Waals surface area (Å²) in [6.45, 7) is 28.8. The lowest BCUT2D eigenvalue weighted by Gasteiger charge is -2.48. The van der Waals surface area contributed by atoms with Gasteiger partial charge in [0.1, 0.15) is 11.2 Å². The first-order chi connectivity index (χ1) is 68.5. The van der Waals surface area contributed by atoms with Crippen molar-refractivity contribution in [2.45, 2.75) is 116 Å². The molecule has 0 saturated carbocycles. The van der Waals surface area contributed by atoms with Gasteiger partial charge in [0.25, 0.3) is 0 Å². The van der Waals surface area contributed by atoms with Gasteiger partial charge in [-0.3, -0.25) is 0 Å². The maximum atomic E-state index is 6.26. The van der Waals surface area contributed by atoms with E-state index in [1.54, 1.807) is 0 Å². The molecule has 0 N–H and O–H groups in total. The molecule has 0 radical (unpaired) electrons. The van der Waals surface area contributed by atoms with E-state index >= 15 is 0 Å². The van der Waals surface area contributed by atoms with E-state index < -0.39 is 0 Å². The van der Waals surface area contributed by atoms with Gasteiger partial charge in [0.05, 0.1) is 16.7 Å². The topological polar surface area (TPSA) is 60.0 Å². The highest BCUT2D eigenvalue weighted by Gasteiger charge is 2.50. The van der Waals surface area contributed by atoms with Crippen molar-refractivity contribution in [1.29, 1.82) is 0 Å². The highest BCUT2D eigenvalue weighted by Crippen LogP contribution is 2.62. The summed E-state index contributed by atoms with van der Waals surface area (Å²) >= 11 is 0. The molecule has 0 fully saturated rings. The highest BCUT2D eigenvalue weighted by atomic mass is 16.3. The van der Waals surface area contributed by atoms with Crippen LogP contribution in [-0.4, -0.2) is 19.5 Å². The third kappa shape index (κ3) is 13.4. The largest absolute Gasteiger partial charge is 0.456 e. The van der Waals surface area contributed by atoms with E-state index in [2.05, 4.69) is 475 Å². The average molecular weight is 1820 g/mol. The predicted octanol–water partition coefficient (Wildman–Crippen LogP) is 36.7. The SMILES string of the molecule is CC1(C)c2cc(-c3nc(-c4ccccc4)nc(-c4cccc5oc6ccccc6c45)n3)ccc2-c2c(ccc3ccc4ccccc4c23)C1(C)C.CC1(C)c2ccccc2-c2c(ccc3cc(-c4ccc(-n5c6ccccc6c6ccccc65)cc4)c4ccccc4c23)C1(C)C.CC1(C)c2ccccc2-c2c(ccc3cc(N(c4ccccc4)c4ccc(-c5ccccc5)cc4)c4ccccc4c23)C1(C)C. The van der Waals surface area contributed by atoms with Crippen molar-refractivity contribution in [3.8, 4) is 95.5 Å². The van der Waals surface area contributed by atoms with E-state index in [0.29, 0.717) is 17.5 Å². The van der Waals surface area contributed by atoms with Crippen molar-refractivity contribution < 1.29 is 4.42 Å². The van der Waals surface area contributed by atoms with Gasteiger partial charge in [-0.1, -0.05) is 435 Å². The molecule has 3 aromatic heterocycles. The summed E-state index contributed by atoms with van der Waals surface area (Å²) in [5.41, 5.74) is 32.6. The summed E-state index contributed by atoms with van der Waals surface area (Å²) in [6, 6.07) is 157. The number of hydrogen-bond acceptors (Lipinski definition) is 5. The zero-order valence-corrected chi connectivity index (χ0v) is 81.6. The van der Waals surface area contributed by atoms with E-state index in [0.717, 1.165) is 50.0 Å². The van der Waals surface area contributed by atoms with Crippen molar-refractivity contribution in [3.05, 3.63) is 464 Å². The van der Waals surface area contributed by atoms with Gasteiger partial charge in [0.15, 0.2) is 17.5 Å².